The zero-order valence-electron chi connectivity index (χ0n) is 10.1. The molecule has 2 atom stereocenters. The first-order valence-electron chi connectivity index (χ1n) is 5.68. The van der Waals surface area contributed by atoms with Crippen LogP contribution < -0.4 is 0 Å². The lowest BCUT2D eigenvalue weighted by Gasteiger charge is -2.35. The van der Waals surface area contributed by atoms with Crippen molar-refractivity contribution in [2.45, 2.75) is 37.6 Å². The molecule has 1 fully saturated rings. The maximum absolute atomic E-state index is 11.9. The van der Waals surface area contributed by atoms with Crippen molar-refractivity contribution in [2.24, 2.45) is 0 Å². The van der Waals surface area contributed by atoms with E-state index in [0.717, 1.165) is 12.8 Å². The molecule has 4 nitrogen and oxygen atoms in total. The molecule has 1 rings (SSSR count). The van der Waals surface area contributed by atoms with E-state index < -0.39 is 0 Å². The van der Waals surface area contributed by atoms with Gasteiger partial charge in [-0.1, -0.05) is 15.9 Å². The number of hydrogen-bond donors (Lipinski definition) is 0. The number of rotatable bonds is 3. The minimum atomic E-state index is -0.349. The molecule has 0 spiro atoms. The fourth-order valence-electron chi connectivity index (χ4n) is 1.85. The maximum Gasteiger partial charge on any atom is 0.244 e. The summed E-state index contributed by atoms with van der Waals surface area (Å²) in [4.78, 5) is 27.0. The number of piperidine rings is 1. The van der Waals surface area contributed by atoms with Gasteiger partial charge < -0.3 is 9.80 Å². The van der Waals surface area contributed by atoms with Crippen LogP contribution >= 0.6 is 15.9 Å². The van der Waals surface area contributed by atoms with Gasteiger partial charge in [-0.15, -0.1) is 0 Å². The monoisotopic (exact) mass is 290 g/mol. The van der Waals surface area contributed by atoms with E-state index in [1.54, 1.807) is 23.8 Å². The summed E-state index contributed by atoms with van der Waals surface area (Å²) in [6.07, 6.45) is 1.81. The third-order valence-corrected chi connectivity index (χ3v) is 3.93. The number of likely N-dealkylation sites (tertiary alicyclic amines) is 1. The lowest BCUT2D eigenvalue weighted by Crippen LogP contribution is -2.52. The molecule has 0 N–H and O–H groups in total. The number of likely N-dealkylation sites (N-methyl/N-ethyl adjacent to an activating group) is 1. The largest absolute Gasteiger partial charge is 0.344 e. The van der Waals surface area contributed by atoms with E-state index in [-0.39, 0.29) is 22.7 Å². The van der Waals surface area contributed by atoms with Crippen LogP contribution in [0.4, 0.5) is 0 Å². The number of alkyl halides is 1. The van der Waals surface area contributed by atoms with E-state index >= 15 is 0 Å². The Balaban J connectivity index is 2.69. The third-order valence-electron chi connectivity index (χ3n) is 3.08. The van der Waals surface area contributed by atoms with Gasteiger partial charge in [0.2, 0.25) is 11.8 Å². The Bertz CT molecular complexity index is 283. The molecule has 2 amide bonds. The second-order valence-corrected chi connectivity index (χ2v) is 5.28. The summed E-state index contributed by atoms with van der Waals surface area (Å²) in [5.41, 5.74) is 0. The molecule has 92 valence electrons. The van der Waals surface area contributed by atoms with Crippen LogP contribution in [0.2, 0.25) is 0 Å². The van der Waals surface area contributed by atoms with Crippen molar-refractivity contribution >= 4 is 27.7 Å². The topological polar surface area (TPSA) is 40.6 Å². The predicted molar refractivity (Wildman–Crippen MR) is 66.4 cm³/mol. The molecular weight excluding hydrogens is 272 g/mol. The second-order valence-electron chi connectivity index (χ2n) is 4.17. The molecule has 1 saturated heterocycles. The molecule has 1 aliphatic rings. The van der Waals surface area contributed by atoms with Crippen molar-refractivity contribution in [3.63, 3.8) is 0 Å². The molecule has 0 bridgehead atoms. The fraction of sp³-hybridized carbons (Fsp3) is 0.818. The van der Waals surface area contributed by atoms with Crippen molar-refractivity contribution in [1.29, 1.82) is 0 Å². The van der Waals surface area contributed by atoms with E-state index in [4.69, 9.17) is 0 Å². The van der Waals surface area contributed by atoms with E-state index in [1.165, 1.54) is 0 Å². The Hall–Kier alpha value is -0.580. The number of nitrogens with zero attached hydrogens (tertiary/aromatic N) is 2. The van der Waals surface area contributed by atoms with Gasteiger partial charge >= 0.3 is 0 Å². The highest BCUT2D eigenvalue weighted by Gasteiger charge is 2.33. The molecule has 1 aliphatic heterocycles. The highest BCUT2D eigenvalue weighted by molar-refractivity contribution is 9.10. The van der Waals surface area contributed by atoms with Gasteiger partial charge in [-0.3, -0.25) is 9.59 Å². The molecule has 0 aromatic heterocycles. The van der Waals surface area contributed by atoms with Gasteiger partial charge in [0.05, 0.1) is 4.83 Å². The summed E-state index contributed by atoms with van der Waals surface area (Å²) in [6.45, 7) is 5.09. The van der Waals surface area contributed by atoms with Crippen molar-refractivity contribution < 1.29 is 9.59 Å². The summed E-state index contributed by atoms with van der Waals surface area (Å²) in [7, 11) is 1.76. The quantitative estimate of drug-likeness (QED) is 0.734. The van der Waals surface area contributed by atoms with Crippen LogP contribution in [0.1, 0.15) is 26.7 Å². The first kappa shape index (κ1) is 13.5. The summed E-state index contributed by atoms with van der Waals surface area (Å²) in [5, 5.41) is 0. The van der Waals surface area contributed by atoms with Gasteiger partial charge in [0.25, 0.3) is 0 Å². The molecule has 16 heavy (non-hydrogen) atoms. The van der Waals surface area contributed by atoms with E-state index in [2.05, 4.69) is 15.9 Å². The Morgan fingerprint density at radius 1 is 1.69 bits per heavy atom. The Labute approximate surface area is 105 Å². The van der Waals surface area contributed by atoms with Gasteiger partial charge in [0.15, 0.2) is 0 Å². The van der Waals surface area contributed by atoms with Gasteiger partial charge in [-0.05, 0) is 26.7 Å². The van der Waals surface area contributed by atoms with E-state index in [9.17, 15) is 9.59 Å². The Morgan fingerprint density at radius 2 is 2.31 bits per heavy atom. The van der Waals surface area contributed by atoms with Crippen LogP contribution in [0.25, 0.3) is 0 Å². The van der Waals surface area contributed by atoms with Crippen molar-refractivity contribution in [3.8, 4) is 0 Å². The van der Waals surface area contributed by atoms with Crippen LogP contribution in [0.15, 0.2) is 0 Å². The maximum atomic E-state index is 11.9. The first-order valence-corrected chi connectivity index (χ1v) is 6.60. The van der Waals surface area contributed by atoms with Crippen LogP contribution in [0.5, 0.6) is 0 Å². The summed E-state index contributed by atoms with van der Waals surface area (Å²) in [5.74, 6) is 0.0500. The molecule has 2 unspecified atom stereocenters. The average Bonchev–Trinajstić information content (AvgIpc) is 2.29. The Kier molecular flexibility index (Phi) is 4.77. The SMILES string of the molecule is CCN(C)C(=O)C(C)N1CCCC(Br)C1=O. The van der Waals surface area contributed by atoms with E-state index in [0.29, 0.717) is 13.1 Å². The minimum Gasteiger partial charge on any atom is -0.344 e. The van der Waals surface area contributed by atoms with Crippen LogP contribution in [-0.2, 0) is 9.59 Å². The van der Waals surface area contributed by atoms with Gasteiger partial charge in [-0.2, -0.15) is 0 Å². The normalized spacial score (nSPS) is 23.1. The molecule has 1 heterocycles. The van der Waals surface area contributed by atoms with Gasteiger partial charge in [-0.25, -0.2) is 0 Å². The number of halogens is 1. The van der Waals surface area contributed by atoms with Crippen molar-refractivity contribution in [2.75, 3.05) is 20.1 Å². The number of carbonyl (C=O) groups excluding carboxylic acids is 2. The Morgan fingerprint density at radius 3 is 2.88 bits per heavy atom. The molecule has 0 radical (unpaired) electrons. The predicted octanol–water partition coefficient (Wildman–Crippen LogP) is 1.24. The van der Waals surface area contributed by atoms with Gasteiger partial charge in [0.1, 0.15) is 6.04 Å². The molecule has 0 aromatic rings. The van der Waals surface area contributed by atoms with Gasteiger partial charge in [0, 0.05) is 20.1 Å². The standard InChI is InChI=1S/C11H19BrN2O2/c1-4-13(3)10(15)8(2)14-7-5-6-9(12)11(14)16/h8-9H,4-7H2,1-3H3. The molecule has 0 aromatic carbocycles. The summed E-state index contributed by atoms with van der Waals surface area (Å²) in [6, 6.07) is -0.349. The third kappa shape index (κ3) is 2.75. The molecule has 5 heteroatoms. The van der Waals surface area contributed by atoms with Crippen LogP contribution in [-0.4, -0.2) is 52.6 Å². The second kappa shape index (κ2) is 5.66. The van der Waals surface area contributed by atoms with Crippen molar-refractivity contribution in [3.05, 3.63) is 0 Å². The molecule has 0 saturated carbocycles. The summed E-state index contributed by atoms with van der Waals surface area (Å²) < 4.78 is 0. The van der Waals surface area contributed by atoms with Crippen LogP contribution in [0, 0.1) is 0 Å². The fourth-order valence-corrected chi connectivity index (χ4v) is 2.43. The number of carbonyl (C=O) groups is 2. The van der Waals surface area contributed by atoms with E-state index in [1.807, 2.05) is 6.92 Å². The number of amides is 2. The zero-order chi connectivity index (χ0) is 12.3. The van der Waals surface area contributed by atoms with Crippen LogP contribution in [0.3, 0.4) is 0 Å². The highest BCUT2D eigenvalue weighted by Crippen LogP contribution is 2.20. The summed E-state index contributed by atoms with van der Waals surface area (Å²) >= 11 is 3.35. The average molecular weight is 291 g/mol. The number of hydrogen-bond acceptors (Lipinski definition) is 2. The zero-order valence-corrected chi connectivity index (χ0v) is 11.7. The lowest BCUT2D eigenvalue weighted by atomic mass is 10.1. The molecular formula is C11H19BrN2O2. The van der Waals surface area contributed by atoms with Crippen molar-refractivity contribution in [1.82, 2.24) is 9.80 Å². The first-order chi connectivity index (χ1) is 7.49. The highest BCUT2D eigenvalue weighted by atomic mass is 79.9. The smallest absolute Gasteiger partial charge is 0.244 e. The minimum absolute atomic E-state index is 0.0115. The molecule has 0 aliphatic carbocycles. The lowest BCUT2D eigenvalue weighted by molar-refractivity contribution is -0.145.